The van der Waals surface area contributed by atoms with Crippen LogP contribution in [0.2, 0.25) is 0 Å². The molecule has 0 saturated carbocycles. The number of hydrogen-bond acceptors (Lipinski definition) is 5. The van der Waals surface area contributed by atoms with E-state index in [1.165, 1.54) is 22.6 Å². The third kappa shape index (κ3) is 7.07. The van der Waals surface area contributed by atoms with E-state index in [-0.39, 0.29) is 11.8 Å². The zero-order chi connectivity index (χ0) is 24.3. The molecule has 0 saturated heterocycles. The summed E-state index contributed by atoms with van der Waals surface area (Å²) in [5.74, 6) is 1.02. The lowest BCUT2D eigenvalue weighted by Gasteiger charge is -2.24. The highest BCUT2D eigenvalue weighted by Crippen LogP contribution is 2.30. The maximum absolute atomic E-state index is 12.9. The SMILES string of the molecule is CCCC(CC(=O)Nc1nc(-c2ccc(OC)cc2)cs1)c1ccc(N(CCC)CCC)cc1. The molecule has 1 N–H and O–H groups in total. The average molecular weight is 480 g/mol. The van der Waals surface area contributed by atoms with E-state index in [1.54, 1.807) is 7.11 Å². The molecule has 182 valence electrons. The van der Waals surface area contributed by atoms with Crippen LogP contribution in [0.25, 0.3) is 11.3 Å². The van der Waals surface area contributed by atoms with Crippen molar-refractivity contribution >= 4 is 28.1 Å². The summed E-state index contributed by atoms with van der Waals surface area (Å²) < 4.78 is 5.22. The normalized spacial score (nSPS) is 11.8. The monoisotopic (exact) mass is 479 g/mol. The minimum atomic E-state index is 0.0109. The Bertz CT molecular complexity index is 1010. The summed E-state index contributed by atoms with van der Waals surface area (Å²) in [5, 5.41) is 5.62. The molecule has 2 aromatic carbocycles. The summed E-state index contributed by atoms with van der Waals surface area (Å²) >= 11 is 1.45. The number of nitrogens with zero attached hydrogens (tertiary/aromatic N) is 2. The molecule has 1 amide bonds. The van der Waals surface area contributed by atoms with E-state index in [2.05, 4.69) is 60.2 Å². The maximum atomic E-state index is 12.9. The Hall–Kier alpha value is -2.86. The molecule has 5 nitrogen and oxygen atoms in total. The Balaban J connectivity index is 1.64. The fourth-order valence-corrected chi connectivity index (χ4v) is 4.96. The number of rotatable bonds is 13. The van der Waals surface area contributed by atoms with Gasteiger partial charge in [-0.2, -0.15) is 0 Å². The van der Waals surface area contributed by atoms with Gasteiger partial charge >= 0.3 is 0 Å². The number of hydrogen-bond donors (Lipinski definition) is 1. The van der Waals surface area contributed by atoms with Gasteiger partial charge in [0.2, 0.25) is 5.91 Å². The molecule has 0 fully saturated rings. The van der Waals surface area contributed by atoms with E-state index in [0.717, 1.165) is 55.8 Å². The fourth-order valence-electron chi connectivity index (χ4n) is 4.22. The van der Waals surface area contributed by atoms with Crippen molar-refractivity contribution in [2.24, 2.45) is 0 Å². The molecule has 1 atom stereocenters. The van der Waals surface area contributed by atoms with Gasteiger partial charge in [-0.3, -0.25) is 4.79 Å². The number of anilines is 2. The van der Waals surface area contributed by atoms with Crippen LogP contribution >= 0.6 is 11.3 Å². The molecule has 3 aromatic rings. The summed E-state index contributed by atoms with van der Waals surface area (Å²) in [7, 11) is 1.65. The Morgan fingerprint density at radius 1 is 1.00 bits per heavy atom. The van der Waals surface area contributed by atoms with Crippen LogP contribution in [0.1, 0.15) is 64.4 Å². The summed E-state index contributed by atoms with van der Waals surface area (Å²) in [6.07, 6.45) is 4.75. The number of carbonyl (C=O) groups excluding carboxylic acids is 1. The van der Waals surface area contributed by atoms with Gasteiger partial charge in [-0.15, -0.1) is 11.3 Å². The lowest BCUT2D eigenvalue weighted by molar-refractivity contribution is -0.116. The highest BCUT2D eigenvalue weighted by molar-refractivity contribution is 7.14. The minimum absolute atomic E-state index is 0.0109. The molecule has 3 rings (SSSR count). The van der Waals surface area contributed by atoms with Crippen LogP contribution in [-0.2, 0) is 4.79 Å². The summed E-state index contributed by atoms with van der Waals surface area (Å²) in [6, 6.07) is 16.6. The summed E-state index contributed by atoms with van der Waals surface area (Å²) in [4.78, 5) is 19.9. The van der Waals surface area contributed by atoms with Gasteiger partial charge in [0, 0.05) is 36.1 Å². The van der Waals surface area contributed by atoms with Gasteiger partial charge in [0.05, 0.1) is 12.8 Å². The molecule has 0 aliphatic heterocycles. The minimum Gasteiger partial charge on any atom is -0.497 e. The van der Waals surface area contributed by atoms with Gasteiger partial charge < -0.3 is 15.0 Å². The first-order valence-electron chi connectivity index (χ1n) is 12.3. The molecule has 1 heterocycles. The summed E-state index contributed by atoms with van der Waals surface area (Å²) in [5.41, 5.74) is 4.35. The molecule has 34 heavy (non-hydrogen) atoms. The van der Waals surface area contributed by atoms with Crippen LogP contribution in [0.3, 0.4) is 0 Å². The van der Waals surface area contributed by atoms with E-state index in [9.17, 15) is 4.79 Å². The lowest BCUT2D eigenvalue weighted by atomic mass is 9.91. The molecular weight excluding hydrogens is 442 g/mol. The number of methoxy groups -OCH3 is 1. The molecule has 0 bridgehead atoms. The van der Waals surface area contributed by atoms with E-state index in [1.807, 2.05) is 29.6 Å². The van der Waals surface area contributed by atoms with Gasteiger partial charge in [0.15, 0.2) is 5.13 Å². The van der Waals surface area contributed by atoms with Crippen molar-refractivity contribution in [3.63, 3.8) is 0 Å². The van der Waals surface area contributed by atoms with Gasteiger partial charge in [-0.05, 0) is 67.1 Å². The average Bonchev–Trinajstić information content (AvgIpc) is 3.32. The number of thiazole rings is 1. The second-order valence-electron chi connectivity index (χ2n) is 8.58. The third-order valence-corrected chi connectivity index (χ3v) is 6.68. The smallest absolute Gasteiger partial charge is 0.226 e. The van der Waals surface area contributed by atoms with Crippen molar-refractivity contribution in [1.82, 2.24) is 4.98 Å². The van der Waals surface area contributed by atoms with Crippen LogP contribution in [-0.4, -0.2) is 31.1 Å². The first-order chi connectivity index (χ1) is 16.6. The standard InChI is InChI=1S/C28H37N3O2S/c1-5-8-23(21-9-13-24(14-10-21)31(17-6-2)18-7-3)19-27(32)30-28-29-26(20-34-28)22-11-15-25(33-4)16-12-22/h9-16,20,23H,5-8,17-19H2,1-4H3,(H,29,30,32). The van der Waals surface area contributed by atoms with E-state index >= 15 is 0 Å². The van der Waals surface area contributed by atoms with Gasteiger partial charge in [-0.25, -0.2) is 4.98 Å². The second kappa shape index (κ2) is 13.1. The van der Waals surface area contributed by atoms with Crippen LogP contribution in [0.15, 0.2) is 53.9 Å². The van der Waals surface area contributed by atoms with Crippen molar-refractivity contribution in [2.75, 3.05) is 30.4 Å². The molecule has 1 aromatic heterocycles. The van der Waals surface area contributed by atoms with Crippen molar-refractivity contribution in [3.05, 3.63) is 59.5 Å². The van der Waals surface area contributed by atoms with E-state index < -0.39 is 0 Å². The van der Waals surface area contributed by atoms with Crippen molar-refractivity contribution in [2.45, 2.75) is 58.8 Å². The molecule has 6 heteroatoms. The number of carbonyl (C=O) groups is 1. The predicted molar refractivity (Wildman–Crippen MR) is 144 cm³/mol. The first kappa shape index (κ1) is 25.8. The maximum Gasteiger partial charge on any atom is 0.226 e. The summed E-state index contributed by atoms with van der Waals surface area (Å²) in [6.45, 7) is 8.75. The zero-order valence-corrected chi connectivity index (χ0v) is 21.7. The largest absolute Gasteiger partial charge is 0.497 e. The highest BCUT2D eigenvalue weighted by Gasteiger charge is 2.17. The molecule has 0 aliphatic carbocycles. The number of ether oxygens (including phenoxy) is 1. The van der Waals surface area contributed by atoms with Gasteiger partial charge in [0.1, 0.15) is 5.75 Å². The van der Waals surface area contributed by atoms with Crippen LogP contribution in [0, 0.1) is 0 Å². The molecule has 0 aliphatic rings. The molecule has 1 unspecified atom stereocenters. The quantitative estimate of drug-likeness (QED) is 0.278. The number of aromatic nitrogens is 1. The number of nitrogens with one attached hydrogen (secondary N) is 1. The predicted octanol–water partition coefficient (Wildman–Crippen LogP) is 7.36. The van der Waals surface area contributed by atoms with Crippen molar-refractivity contribution in [3.8, 4) is 17.0 Å². The van der Waals surface area contributed by atoms with Gasteiger partial charge in [0.25, 0.3) is 0 Å². The Morgan fingerprint density at radius 3 is 2.26 bits per heavy atom. The third-order valence-electron chi connectivity index (χ3n) is 5.92. The zero-order valence-electron chi connectivity index (χ0n) is 20.8. The Kier molecular flexibility index (Phi) is 9.95. The topological polar surface area (TPSA) is 54.5 Å². The van der Waals surface area contributed by atoms with Crippen LogP contribution in [0.4, 0.5) is 10.8 Å². The Morgan fingerprint density at radius 2 is 1.68 bits per heavy atom. The van der Waals surface area contributed by atoms with E-state index in [4.69, 9.17) is 4.74 Å². The number of amides is 1. The highest BCUT2D eigenvalue weighted by atomic mass is 32.1. The molecular formula is C28H37N3O2S. The van der Waals surface area contributed by atoms with Gasteiger partial charge in [-0.1, -0.05) is 39.3 Å². The van der Waals surface area contributed by atoms with Crippen molar-refractivity contribution in [1.29, 1.82) is 0 Å². The first-order valence-corrected chi connectivity index (χ1v) is 13.2. The lowest BCUT2D eigenvalue weighted by Crippen LogP contribution is -2.24. The number of benzene rings is 2. The van der Waals surface area contributed by atoms with Crippen molar-refractivity contribution < 1.29 is 9.53 Å². The second-order valence-corrected chi connectivity index (χ2v) is 9.44. The van der Waals surface area contributed by atoms with Crippen LogP contribution < -0.4 is 15.0 Å². The molecule has 0 spiro atoms. The molecule has 0 radical (unpaired) electrons. The Labute approximate surface area is 208 Å². The fraction of sp³-hybridized carbons (Fsp3) is 0.429. The van der Waals surface area contributed by atoms with E-state index in [0.29, 0.717) is 11.6 Å². The van der Waals surface area contributed by atoms with Crippen LogP contribution in [0.5, 0.6) is 5.75 Å².